The maximum Gasteiger partial charge on any atom is 0.146 e. The van der Waals surface area contributed by atoms with Gasteiger partial charge in [0, 0.05) is 25.3 Å². The SMILES string of the molecule is CCCn1ncnc1Cn1cnc(CNC2CC2)c1. The summed E-state index contributed by atoms with van der Waals surface area (Å²) in [6, 6.07) is 0.720. The highest BCUT2D eigenvalue weighted by molar-refractivity contribution is 5.00. The lowest BCUT2D eigenvalue weighted by atomic mass is 10.4. The number of rotatable bonds is 7. The highest BCUT2D eigenvalue weighted by Gasteiger charge is 2.20. The second-order valence-corrected chi connectivity index (χ2v) is 5.09. The van der Waals surface area contributed by atoms with Gasteiger partial charge in [0.15, 0.2) is 0 Å². The van der Waals surface area contributed by atoms with Crippen molar-refractivity contribution in [3.8, 4) is 0 Å². The van der Waals surface area contributed by atoms with Crippen LogP contribution in [0.15, 0.2) is 18.9 Å². The Morgan fingerprint density at radius 2 is 2.26 bits per heavy atom. The van der Waals surface area contributed by atoms with Crippen LogP contribution in [0, 0.1) is 0 Å². The van der Waals surface area contributed by atoms with Crippen molar-refractivity contribution < 1.29 is 0 Å². The second kappa shape index (κ2) is 5.52. The Hall–Kier alpha value is -1.69. The minimum atomic E-state index is 0.720. The summed E-state index contributed by atoms with van der Waals surface area (Å²) in [4.78, 5) is 8.73. The molecule has 0 aromatic carbocycles. The van der Waals surface area contributed by atoms with Crippen molar-refractivity contribution in [2.24, 2.45) is 0 Å². The van der Waals surface area contributed by atoms with Gasteiger partial charge in [-0.1, -0.05) is 6.92 Å². The number of hydrogen-bond acceptors (Lipinski definition) is 4. The van der Waals surface area contributed by atoms with E-state index in [-0.39, 0.29) is 0 Å². The van der Waals surface area contributed by atoms with E-state index in [1.165, 1.54) is 12.8 Å². The Bertz CT molecular complexity index is 525. The van der Waals surface area contributed by atoms with Crippen LogP contribution < -0.4 is 5.32 Å². The first-order chi connectivity index (χ1) is 9.35. The fourth-order valence-electron chi connectivity index (χ4n) is 2.09. The van der Waals surface area contributed by atoms with Crippen molar-refractivity contribution >= 4 is 0 Å². The Kier molecular flexibility index (Phi) is 3.59. The first-order valence-electron chi connectivity index (χ1n) is 6.96. The van der Waals surface area contributed by atoms with Gasteiger partial charge in [-0.25, -0.2) is 14.6 Å². The van der Waals surface area contributed by atoms with Crippen LogP contribution in [0.25, 0.3) is 0 Å². The molecule has 0 spiro atoms. The van der Waals surface area contributed by atoms with E-state index in [9.17, 15) is 0 Å². The molecule has 0 bridgehead atoms. The number of aromatic nitrogens is 5. The average Bonchev–Trinajstić information content (AvgIpc) is 2.98. The zero-order valence-corrected chi connectivity index (χ0v) is 11.3. The van der Waals surface area contributed by atoms with Crippen molar-refractivity contribution in [2.75, 3.05) is 0 Å². The molecule has 1 aliphatic rings. The molecule has 0 atom stereocenters. The lowest BCUT2D eigenvalue weighted by molar-refractivity contribution is 0.554. The molecular weight excluding hydrogens is 240 g/mol. The molecule has 2 aromatic heterocycles. The highest BCUT2D eigenvalue weighted by Crippen LogP contribution is 2.19. The van der Waals surface area contributed by atoms with E-state index in [2.05, 4.69) is 38.1 Å². The van der Waals surface area contributed by atoms with Gasteiger partial charge in [0.2, 0.25) is 0 Å². The number of imidazole rings is 1. The van der Waals surface area contributed by atoms with Gasteiger partial charge in [0.25, 0.3) is 0 Å². The minimum Gasteiger partial charge on any atom is -0.330 e. The van der Waals surface area contributed by atoms with Gasteiger partial charge in [-0.3, -0.25) is 0 Å². The van der Waals surface area contributed by atoms with E-state index in [1.54, 1.807) is 6.33 Å². The summed E-state index contributed by atoms with van der Waals surface area (Å²) in [6.45, 7) is 4.65. The molecular formula is C13H20N6. The zero-order chi connectivity index (χ0) is 13.1. The number of aryl methyl sites for hydroxylation is 1. The van der Waals surface area contributed by atoms with Crippen molar-refractivity contribution in [1.82, 2.24) is 29.6 Å². The molecule has 2 heterocycles. The van der Waals surface area contributed by atoms with Crippen LogP contribution >= 0.6 is 0 Å². The van der Waals surface area contributed by atoms with Crippen LogP contribution in [0.5, 0.6) is 0 Å². The van der Waals surface area contributed by atoms with E-state index in [4.69, 9.17) is 0 Å². The Labute approximate surface area is 112 Å². The molecule has 1 aliphatic carbocycles. The summed E-state index contributed by atoms with van der Waals surface area (Å²) < 4.78 is 4.03. The van der Waals surface area contributed by atoms with E-state index >= 15 is 0 Å². The summed E-state index contributed by atoms with van der Waals surface area (Å²) >= 11 is 0. The van der Waals surface area contributed by atoms with Gasteiger partial charge < -0.3 is 9.88 Å². The standard InChI is InChI=1S/C13H20N6/c1-2-5-19-13(15-9-17-19)8-18-7-12(16-10-18)6-14-11-3-4-11/h7,9-11,14H,2-6,8H2,1H3. The normalized spacial score (nSPS) is 15.0. The van der Waals surface area contributed by atoms with Gasteiger partial charge in [-0.05, 0) is 19.3 Å². The number of hydrogen-bond donors (Lipinski definition) is 1. The number of nitrogens with one attached hydrogen (secondary N) is 1. The second-order valence-electron chi connectivity index (χ2n) is 5.09. The van der Waals surface area contributed by atoms with Crippen molar-refractivity contribution in [3.05, 3.63) is 30.4 Å². The van der Waals surface area contributed by atoms with Gasteiger partial charge in [-0.2, -0.15) is 5.10 Å². The highest BCUT2D eigenvalue weighted by atomic mass is 15.3. The molecule has 1 N–H and O–H groups in total. The molecule has 0 radical (unpaired) electrons. The summed E-state index contributed by atoms with van der Waals surface area (Å²) in [7, 11) is 0. The van der Waals surface area contributed by atoms with Crippen molar-refractivity contribution in [2.45, 2.75) is 51.9 Å². The summed E-state index contributed by atoms with van der Waals surface area (Å²) in [6.07, 6.45) is 9.26. The summed E-state index contributed by atoms with van der Waals surface area (Å²) in [5.41, 5.74) is 1.09. The quantitative estimate of drug-likeness (QED) is 0.812. The Morgan fingerprint density at radius 1 is 1.37 bits per heavy atom. The lowest BCUT2D eigenvalue weighted by Crippen LogP contribution is -2.15. The molecule has 102 valence electrons. The Balaban J connectivity index is 1.60. The van der Waals surface area contributed by atoms with Gasteiger partial charge in [0.05, 0.1) is 18.6 Å². The van der Waals surface area contributed by atoms with Crippen LogP contribution in [0.1, 0.15) is 37.7 Å². The lowest BCUT2D eigenvalue weighted by Gasteiger charge is -2.04. The van der Waals surface area contributed by atoms with Crippen LogP contribution in [0.2, 0.25) is 0 Å². The van der Waals surface area contributed by atoms with Gasteiger partial charge in [-0.15, -0.1) is 0 Å². The van der Waals surface area contributed by atoms with E-state index in [1.807, 2.05) is 11.0 Å². The first-order valence-corrected chi connectivity index (χ1v) is 6.96. The predicted octanol–water partition coefficient (Wildman–Crippen LogP) is 1.18. The fraction of sp³-hybridized carbons (Fsp3) is 0.615. The molecule has 0 unspecified atom stereocenters. The first kappa shape index (κ1) is 12.3. The monoisotopic (exact) mass is 260 g/mol. The van der Waals surface area contributed by atoms with E-state index in [0.717, 1.165) is 43.6 Å². The van der Waals surface area contributed by atoms with Gasteiger partial charge >= 0.3 is 0 Å². The van der Waals surface area contributed by atoms with Crippen LogP contribution in [-0.4, -0.2) is 30.4 Å². The maximum absolute atomic E-state index is 4.42. The molecule has 0 aliphatic heterocycles. The molecule has 19 heavy (non-hydrogen) atoms. The van der Waals surface area contributed by atoms with Crippen molar-refractivity contribution in [1.29, 1.82) is 0 Å². The van der Waals surface area contributed by atoms with Crippen LogP contribution in [0.4, 0.5) is 0 Å². The van der Waals surface area contributed by atoms with Crippen molar-refractivity contribution in [3.63, 3.8) is 0 Å². The molecule has 1 fully saturated rings. The molecule has 0 saturated heterocycles. The topological polar surface area (TPSA) is 60.6 Å². The summed E-state index contributed by atoms with van der Waals surface area (Å²) in [5.74, 6) is 0.987. The third kappa shape index (κ3) is 3.20. The largest absolute Gasteiger partial charge is 0.330 e. The zero-order valence-electron chi connectivity index (χ0n) is 11.3. The Morgan fingerprint density at radius 3 is 3.05 bits per heavy atom. The smallest absolute Gasteiger partial charge is 0.146 e. The maximum atomic E-state index is 4.42. The molecule has 1 saturated carbocycles. The average molecular weight is 260 g/mol. The third-order valence-corrected chi connectivity index (χ3v) is 3.29. The van der Waals surface area contributed by atoms with Crippen LogP contribution in [-0.2, 0) is 19.6 Å². The fourth-order valence-corrected chi connectivity index (χ4v) is 2.09. The summed E-state index contributed by atoms with van der Waals surface area (Å²) in [5, 5.41) is 7.70. The van der Waals surface area contributed by atoms with Crippen LogP contribution in [0.3, 0.4) is 0 Å². The predicted molar refractivity (Wildman–Crippen MR) is 71.5 cm³/mol. The van der Waals surface area contributed by atoms with Gasteiger partial charge in [0.1, 0.15) is 12.2 Å². The van der Waals surface area contributed by atoms with E-state index < -0.39 is 0 Å². The van der Waals surface area contributed by atoms with E-state index in [0.29, 0.717) is 0 Å². The third-order valence-electron chi connectivity index (χ3n) is 3.29. The minimum absolute atomic E-state index is 0.720. The molecule has 3 rings (SSSR count). The number of nitrogens with zero attached hydrogens (tertiary/aromatic N) is 5. The molecule has 6 heteroatoms. The molecule has 6 nitrogen and oxygen atoms in total. The molecule has 2 aromatic rings. The molecule has 0 amide bonds.